The van der Waals surface area contributed by atoms with Gasteiger partial charge in [0.1, 0.15) is 0 Å². The van der Waals surface area contributed by atoms with Gasteiger partial charge in [0.05, 0.1) is 24.5 Å². The molecule has 21 heavy (non-hydrogen) atoms. The van der Waals surface area contributed by atoms with Crippen molar-refractivity contribution in [3.05, 3.63) is 47.0 Å². The van der Waals surface area contributed by atoms with Crippen molar-refractivity contribution in [2.45, 2.75) is 25.8 Å². The number of ether oxygens (including phenoxy) is 1. The summed E-state index contributed by atoms with van der Waals surface area (Å²) in [5.41, 5.74) is 2.73. The van der Waals surface area contributed by atoms with E-state index in [0.717, 1.165) is 17.8 Å². The molecule has 0 fully saturated rings. The summed E-state index contributed by atoms with van der Waals surface area (Å²) < 4.78 is 21.2. The first-order valence-electron chi connectivity index (χ1n) is 7.12. The van der Waals surface area contributed by atoms with E-state index in [4.69, 9.17) is 4.74 Å². The van der Waals surface area contributed by atoms with E-state index in [1.165, 1.54) is 7.11 Å². The molecule has 0 radical (unpaired) electrons. The van der Waals surface area contributed by atoms with Gasteiger partial charge in [0.25, 0.3) is 0 Å². The number of rotatable bonds is 6. The summed E-state index contributed by atoms with van der Waals surface area (Å²) in [5, 5.41) is 7.70. The molecule has 0 aliphatic heterocycles. The normalized spacial score (nSPS) is 12.4. The van der Waals surface area contributed by atoms with Crippen molar-refractivity contribution in [1.29, 1.82) is 0 Å². The molecular formula is C16H22FN3O. The standard InChI is InChI=1S/C16H22FN3O/c1-5-12-10-14(20(3)19-12)13(18-2)9-11-7-6-8-15(21-4)16(11)17/h6-8,10,13,18H,5,9H2,1-4H3. The van der Waals surface area contributed by atoms with E-state index < -0.39 is 0 Å². The summed E-state index contributed by atoms with van der Waals surface area (Å²) in [4.78, 5) is 0. The number of nitrogens with one attached hydrogen (secondary N) is 1. The van der Waals surface area contributed by atoms with E-state index in [1.807, 2.05) is 24.8 Å². The van der Waals surface area contributed by atoms with Crippen molar-refractivity contribution in [1.82, 2.24) is 15.1 Å². The van der Waals surface area contributed by atoms with Crippen LogP contribution in [0.25, 0.3) is 0 Å². The van der Waals surface area contributed by atoms with Crippen molar-refractivity contribution in [3.8, 4) is 5.75 Å². The van der Waals surface area contributed by atoms with E-state index in [2.05, 4.69) is 23.4 Å². The quantitative estimate of drug-likeness (QED) is 0.889. The van der Waals surface area contributed by atoms with Crippen molar-refractivity contribution in [2.75, 3.05) is 14.2 Å². The number of nitrogens with zero attached hydrogens (tertiary/aromatic N) is 2. The van der Waals surface area contributed by atoms with Gasteiger partial charge in [-0.2, -0.15) is 5.10 Å². The molecule has 1 N–H and O–H groups in total. The van der Waals surface area contributed by atoms with Gasteiger partial charge >= 0.3 is 0 Å². The maximum Gasteiger partial charge on any atom is 0.168 e. The van der Waals surface area contributed by atoms with Gasteiger partial charge in [0.15, 0.2) is 11.6 Å². The highest BCUT2D eigenvalue weighted by Crippen LogP contribution is 2.25. The number of halogens is 1. The van der Waals surface area contributed by atoms with Gasteiger partial charge in [-0.1, -0.05) is 19.1 Å². The average Bonchev–Trinajstić information content (AvgIpc) is 2.87. The van der Waals surface area contributed by atoms with E-state index in [9.17, 15) is 4.39 Å². The molecule has 1 unspecified atom stereocenters. The fourth-order valence-corrected chi connectivity index (χ4v) is 2.49. The average molecular weight is 291 g/mol. The van der Waals surface area contributed by atoms with Crippen LogP contribution in [0.4, 0.5) is 4.39 Å². The molecule has 0 saturated carbocycles. The van der Waals surface area contributed by atoms with Crippen LogP contribution >= 0.6 is 0 Å². The predicted octanol–water partition coefficient (Wildman–Crippen LogP) is 2.63. The van der Waals surface area contributed by atoms with Crippen LogP contribution in [0.5, 0.6) is 5.75 Å². The van der Waals surface area contributed by atoms with Crippen LogP contribution < -0.4 is 10.1 Å². The lowest BCUT2D eigenvalue weighted by Crippen LogP contribution is -2.22. The third-order valence-corrected chi connectivity index (χ3v) is 3.72. The van der Waals surface area contributed by atoms with Crippen LogP contribution in [0.15, 0.2) is 24.3 Å². The van der Waals surface area contributed by atoms with Crippen LogP contribution in [0, 0.1) is 5.82 Å². The SMILES string of the molecule is CCc1cc(C(Cc2cccc(OC)c2F)NC)n(C)n1. The minimum atomic E-state index is -0.293. The number of hydrogen-bond donors (Lipinski definition) is 1. The molecule has 0 saturated heterocycles. The molecule has 1 atom stereocenters. The van der Waals surface area contributed by atoms with Crippen molar-refractivity contribution >= 4 is 0 Å². The Kier molecular flexibility index (Phi) is 4.96. The Morgan fingerprint density at radius 3 is 2.76 bits per heavy atom. The van der Waals surface area contributed by atoms with E-state index in [-0.39, 0.29) is 17.6 Å². The second-order valence-electron chi connectivity index (χ2n) is 5.02. The zero-order valence-corrected chi connectivity index (χ0v) is 13.0. The van der Waals surface area contributed by atoms with E-state index in [1.54, 1.807) is 12.1 Å². The molecular weight excluding hydrogens is 269 g/mol. The topological polar surface area (TPSA) is 39.1 Å². The summed E-state index contributed by atoms with van der Waals surface area (Å²) in [6, 6.07) is 7.31. The fraction of sp³-hybridized carbons (Fsp3) is 0.438. The minimum absolute atomic E-state index is 0.00408. The molecule has 2 rings (SSSR count). The van der Waals surface area contributed by atoms with Crippen LogP contribution in [0.2, 0.25) is 0 Å². The van der Waals surface area contributed by atoms with Crippen LogP contribution in [-0.4, -0.2) is 23.9 Å². The predicted molar refractivity (Wildman–Crippen MR) is 81.0 cm³/mol. The Balaban J connectivity index is 2.29. The number of likely N-dealkylation sites (N-methyl/N-ethyl adjacent to an activating group) is 1. The lowest BCUT2D eigenvalue weighted by molar-refractivity contribution is 0.382. The van der Waals surface area contributed by atoms with Gasteiger partial charge in [-0.25, -0.2) is 4.39 Å². The fourth-order valence-electron chi connectivity index (χ4n) is 2.49. The molecule has 1 aromatic heterocycles. The number of aromatic nitrogens is 2. The van der Waals surface area contributed by atoms with Gasteiger partial charge < -0.3 is 10.1 Å². The number of methoxy groups -OCH3 is 1. The summed E-state index contributed by atoms with van der Waals surface area (Å²) in [7, 11) is 5.27. The molecule has 114 valence electrons. The van der Waals surface area contributed by atoms with Crippen LogP contribution in [-0.2, 0) is 19.9 Å². The van der Waals surface area contributed by atoms with Gasteiger partial charge in [0.2, 0.25) is 0 Å². The van der Waals surface area contributed by atoms with E-state index in [0.29, 0.717) is 12.0 Å². The molecule has 4 nitrogen and oxygen atoms in total. The Hall–Kier alpha value is -1.88. The lowest BCUT2D eigenvalue weighted by atomic mass is 10.0. The van der Waals surface area contributed by atoms with E-state index >= 15 is 0 Å². The highest BCUT2D eigenvalue weighted by Gasteiger charge is 2.18. The van der Waals surface area contributed by atoms with Gasteiger partial charge in [-0.3, -0.25) is 4.68 Å². The molecule has 1 aromatic carbocycles. The van der Waals surface area contributed by atoms with Gasteiger partial charge in [-0.05, 0) is 37.6 Å². The maximum absolute atomic E-state index is 14.3. The number of aryl methyl sites for hydroxylation is 2. The first kappa shape index (κ1) is 15.5. The third kappa shape index (κ3) is 3.24. The summed E-state index contributed by atoms with van der Waals surface area (Å²) in [6.07, 6.45) is 1.43. The second kappa shape index (κ2) is 6.72. The summed E-state index contributed by atoms with van der Waals surface area (Å²) in [6.45, 7) is 2.07. The molecule has 0 aliphatic carbocycles. The molecule has 5 heteroatoms. The first-order chi connectivity index (χ1) is 10.1. The zero-order valence-electron chi connectivity index (χ0n) is 13.0. The second-order valence-corrected chi connectivity index (χ2v) is 5.02. The Bertz CT molecular complexity index is 610. The first-order valence-corrected chi connectivity index (χ1v) is 7.12. The van der Waals surface area contributed by atoms with Gasteiger partial charge in [-0.15, -0.1) is 0 Å². The number of hydrogen-bond acceptors (Lipinski definition) is 3. The Morgan fingerprint density at radius 1 is 1.43 bits per heavy atom. The van der Waals surface area contributed by atoms with Crippen molar-refractivity contribution in [2.24, 2.45) is 7.05 Å². The summed E-state index contributed by atoms with van der Waals surface area (Å²) in [5.74, 6) is -0.0141. The molecule has 0 spiro atoms. The van der Waals surface area contributed by atoms with Crippen molar-refractivity contribution < 1.29 is 9.13 Å². The van der Waals surface area contributed by atoms with Crippen LogP contribution in [0.1, 0.15) is 29.9 Å². The minimum Gasteiger partial charge on any atom is -0.494 e. The highest BCUT2D eigenvalue weighted by atomic mass is 19.1. The molecule has 2 aromatic rings. The summed E-state index contributed by atoms with van der Waals surface area (Å²) >= 11 is 0. The maximum atomic E-state index is 14.3. The molecule has 0 aliphatic rings. The Labute approximate surface area is 124 Å². The third-order valence-electron chi connectivity index (χ3n) is 3.72. The van der Waals surface area contributed by atoms with Crippen molar-refractivity contribution in [3.63, 3.8) is 0 Å². The zero-order chi connectivity index (χ0) is 15.4. The molecule has 0 amide bonds. The largest absolute Gasteiger partial charge is 0.494 e. The number of benzene rings is 1. The smallest absolute Gasteiger partial charge is 0.168 e. The molecule has 0 bridgehead atoms. The van der Waals surface area contributed by atoms with Crippen LogP contribution in [0.3, 0.4) is 0 Å². The molecule has 1 heterocycles. The lowest BCUT2D eigenvalue weighted by Gasteiger charge is -2.17. The van der Waals surface area contributed by atoms with Gasteiger partial charge in [0, 0.05) is 7.05 Å². The highest BCUT2D eigenvalue weighted by molar-refractivity contribution is 5.32. The Morgan fingerprint density at radius 2 is 2.19 bits per heavy atom. The monoisotopic (exact) mass is 291 g/mol.